The minimum Gasteiger partial charge on any atom is -0.462 e. The molecule has 0 aromatic heterocycles. The van der Waals surface area contributed by atoms with Crippen LogP contribution in [0.1, 0.15) is 27.6 Å². The fraction of sp³-hybridized carbons (Fsp3) is 0.333. The van der Waals surface area contributed by atoms with Crippen molar-refractivity contribution in [2.24, 2.45) is 0 Å². The highest BCUT2D eigenvalue weighted by molar-refractivity contribution is 6.02. The summed E-state index contributed by atoms with van der Waals surface area (Å²) in [6.07, 6.45) is 0. The van der Waals surface area contributed by atoms with E-state index in [0.29, 0.717) is 30.8 Å². The van der Waals surface area contributed by atoms with Crippen LogP contribution in [-0.4, -0.2) is 31.6 Å². The molecular weight excluding hydrogens is 220 g/mol. The van der Waals surface area contributed by atoms with Gasteiger partial charge in [0.15, 0.2) is 0 Å². The van der Waals surface area contributed by atoms with Crippen molar-refractivity contribution in [3.05, 3.63) is 29.3 Å². The molecule has 2 N–H and O–H groups in total. The molecule has 0 saturated carbocycles. The molecule has 1 aliphatic heterocycles. The number of esters is 1. The van der Waals surface area contributed by atoms with Gasteiger partial charge in [0.05, 0.1) is 17.7 Å². The molecule has 1 amide bonds. The van der Waals surface area contributed by atoms with E-state index in [1.165, 1.54) is 0 Å². The van der Waals surface area contributed by atoms with Gasteiger partial charge in [-0.1, -0.05) is 0 Å². The Morgan fingerprint density at radius 3 is 2.88 bits per heavy atom. The fourth-order valence-electron chi connectivity index (χ4n) is 1.70. The Bertz CT molecular complexity index is 457. The van der Waals surface area contributed by atoms with Gasteiger partial charge in [0.25, 0.3) is 5.91 Å². The molecule has 0 spiro atoms. The summed E-state index contributed by atoms with van der Waals surface area (Å²) in [5.41, 5.74) is 1.62. The summed E-state index contributed by atoms with van der Waals surface area (Å²) in [6.45, 7) is 3.32. The first-order valence-corrected chi connectivity index (χ1v) is 5.55. The second kappa shape index (κ2) is 4.86. The van der Waals surface area contributed by atoms with Gasteiger partial charge in [-0.2, -0.15) is 0 Å². The summed E-state index contributed by atoms with van der Waals surface area (Å²) in [6, 6.07) is 4.94. The normalized spacial score (nSPS) is 14.1. The summed E-state index contributed by atoms with van der Waals surface area (Å²) in [5.74, 6) is -0.580. The fourth-order valence-corrected chi connectivity index (χ4v) is 1.70. The SMILES string of the molecule is CCOC(=O)c1ccc2c(c1)C(=O)NCCN2. The lowest BCUT2D eigenvalue weighted by Gasteiger charge is -2.08. The van der Waals surface area contributed by atoms with Crippen molar-refractivity contribution in [1.82, 2.24) is 5.32 Å². The number of ether oxygens (including phenoxy) is 1. The summed E-state index contributed by atoms with van der Waals surface area (Å²) in [5, 5.41) is 5.86. The Morgan fingerprint density at radius 2 is 2.12 bits per heavy atom. The average molecular weight is 234 g/mol. The van der Waals surface area contributed by atoms with Gasteiger partial charge < -0.3 is 15.4 Å². The molecule has 1 heterocycles. The summed E-state index contributed by atoms with van der Waals surface area (Å²) in [7, 11) is 0. The number of hydrogen-bond acceptors (Lipinski definition) is 4. The quantitative estimate of drug-likeness (QED) is 0.750. The molecule has 0 radical (unpaired) electrons. The van der Waals surface area contributed by atoms with Gasteiger partial charge in [-0.25, -0.2) is 4.79 Å². The van der Waals surface area contributed by atoms with Gasteiger partial charge >= 0.3 is 5.97 Å². The predicted octanol–water partition coefficient (Wildman–Crippen LogP) is 1.02. The van der Waals surface area contributed by atoms with Crippen LogP contribution >= 0.6 is 0 Å². The number of benzene rings is 1. The van der Waals surface area contributed by atoms with Crippen LogP contribution in [-0.2, 0) is 4.74 Å². The lowest BCUT2D eigenvalue weighted by atomic mass is 10.1. The second-order valence-corrected chi connectivity index (χ2v) is 3.66. The van der Waals surface area contributed by atoms with E-state index in [-0.39, 0.29) is 5.91 Å². The summed E-state index contributed by atoms with van der Waals surface area (Å²) in [4.78, 5) is 23.3. The Balaban J connectivity index is 2.34. The van der Waals surface area contributed by atoms with E-state index in [0.717, 1.165) is 5.69 Å². The molecule has 17 heavy (non-hydrogen) atoms. The van der Waals surface area contributed by atoms with Crippen LogP contribution in [0.4, 0.5) is 5.69 Å². The Hall–Kier alpha value is -2.04. The zero-order valence-corrected chi connectivity index (χ0v) is 9.58. The number of fused-ring (bicyclic) bond motifs is 1. The minimum absolute atomic E-state index is 0.170. The Labute approximate surface area is 99.2 Å². The Kier molecular flexibility index (Phi) is 3.27. The summed E-state index contributed by atoms with van der Waals surface area (Å²) >= 11 is 0. The van der Waals surface area contributed by atoms with Gasteiger partial charge in [-0.3, -0.25) is 4.79 Å². The number of amides is 1. The molecule has 0 atom stereocenters. The monoisotopic (exact) mass is 234 g/mol. The van der Waals surface area contributed by atoms with Crippen LogP contribution in [0, 0.1) is 0 Å². The van der Waals surface area contributed by atoms with Gasteiger partial charge in [0.1, 0.15) is 0 Å². The standard InChI is InChI=1S/C12H14N2O3/c1-2-17-12(16)8-3-4-10-9(7-8)11(15)14-6-5-13-10/h3-4,7,13H,2,5-6H2,1H3,(H,14,15). The highest BCUT2D eigenvalue weighted by Gasteiger charge is 2.17. The number of nitrogens with one attached hydrogen (secondary N) is 2. The van der Waals surface area contributed by atoms with Crippen LogP contribution in [0.2, 0.25) is 0 Å². The molecule has 0 fully saturated rings. The molecule has 1 aliphatic rings. The van der Waals surface area contributed by atoms with Crippen molar-refractivity contribution >= 4 is 17.6 Å². The van der Waals surface area contributed by atoms with Crippen LogP contribution in [0.3, 0.4) is 0 Å². The van der Waals surface area contributed by atoms with Crippen molar-refractivity contribution in [3.8, 4) is 0 Å². The highest BCUT2D eigenvalue weighted by atomic mass is 16.5. The van der Waals surface area contributed by atoms with E-state index in [9.17, 15) is 9.59 Å². The number of anilines is 1. The molecule has 2 rings (SSSR count). The van der Waals surface area contributed by atoms with Crippen molar-refractivity contribution in [2.75, 3.05) is 25.0 Å². The molecule has 5 heteroatoms. The molecule has 1 aromatic rings. The largest absolute Gasteiger partial charge is 0.462 e. The minimum atomic E-state index is -0.410. The van der Waals surface area contributed by atoms with Crippen molar-refractivity contribution in [3.63, 3.8) is 0 Å². The number of hydrogen-bond donors (Lipinski definition) is 2. The average Bonchev–Trinajstić information content (AvgIpc) is 2.51. The maximum Gasteiger partial charge on any atom is 0.338 e. The maximum absolute atomic E-state index is 11.7. The maximum atomic E-state index is 11.7. The first kappa shape index (κ1) is 11.4. The first-order valence-electron chi connectivity index (χ1n) is 5.55. The van der Waals surface area contributed by atoms with Crippen molar-refractivity contribution in [2.45, 2.75) is 6.92 Å². The van der Waals surface area contributed by atoms with Crippen LogP contribution in [0.5, 0.6) is 0 Å². The highest BCUT2D eigenvalue weighted by Crippen LogP contribution is 2.19. The van der Waals surface area contributed by atoms with Crippen molar-refractivity contribution < 1.29 is 14.3 Å². The van der Waals surface area contributed by atoms with Crippen LogP contribution in [0.15, 0.2) is 18.2 Å². The molecule has 0 aliphatic carbocycles. The molecule has 5 nitrogen and oxygen atoms in total. The molecule has 0 unspecified atom stereocenters. The van der Waals surface area contributed by atoms with E-state index >= 15 is 0 Å². The van der Waals surface area contributed by atoms with E-state index in [1.54, 1.807) is 25.1 Å². The molecule has 1 aromatic carbocycles. The van der Waals surface area contributed by atoms with Crippen LogP contribution in [0.25, 0.3) is 0 Å². The van der Waals surface area contributed by atoms with Gasteiger partial charge in [0.2, 0.25) is 0 Å². The first-order chi connectivity index (χ1) is 8.22. The zero-order chi connectivity index (χ0) is 12.3. The molecule has 0 bridgehead atoms. The molecule has 90 valence electrons. The summed E-state index contributed by atoms with van der Waals surface area (Å²) < 4.78 is 4.89. The van der Waals surface area contributed by atoms with E-state index in [4.69, 9.17) is 4.74 Å². The lowest BCUT2D eigenvalue weighted by molar-refractivity contribution is 0.0526. The van der Waals surface area contributed by atoms with Crippen molar-refractivity contribution in [1.29, 1.82) is 0 Å². The van der Waals surface area contributed by atoms with E-state index in [2.05, 4.69) is 10.6 Å². The smallest absolute Gasteiger partial charge is 0.338 e. The number of carbonyl (C=O) groups is 2. The van der Waals surface area contributed by atoms with Gasteiger partial charge in [-0.15, -0.1) is 0 Å². The third-order valence-electron chi connectivity index (χ3n) is 2.50. The number of carbonyl (C=O) groups excluding carboxylic acids is 2. The van der Waals surface area contributed by atoms with Crippen LogP contribution < -0.4 is 10.6 Å². The third-order valence-corrected chi connectivity index (χ3v) is 2.50. The number of rotatable bonds is 2. The third kappa shape index (κ3) is 2.38. The predicted molar refractivity (Wildman–Crippen MR) is 63.2 cm³/mol. The second-order valence-electron chi connectivity index (χ2n) is 3.66. The van der Waals surface area contributed by atoms with E-state index in [1.807, 2.05) is 0 Å². The van der Waals surface area contributed by atoms with Gasteiger partial charge in [-0.05, 0) is 25.1 Å². The van der Waals surface area contributed by atoms with E-state index < -0.39 is 5.97 Å². The molecule has 0 saturated heterocycles. The lowest BCUT2D eigenvalue weighted by Crippen LogP contribution is -2.24. The zero-order valence-electron chi connectivity index (χ0n) is 9.58. The Morgan fingerprint density at radius 1 is 1.35 bits per heavy atom. The van der Waals surface area contributed by atoms with Gasteiger partial charge in [0, 0.05) is 18.8 Å². The topological polar surface area (TPSA) is 67.4 Å². The molecular formula is C12H14N2O3.